The van der Waals surface area contributed by atoms with Gasteiger partial charge < -0.3 is 19.3 Å². The van der Waals surface area contributed by atoms with Crippen molar-refractivity contribution in [1.29, 1.82) is 0 Å². The monoisotopic (exact) mass is 278 g/mol. The first-order valence-corrected chi connectivity index (χ1v) is 7.08. The summed E-state index contributed by atoms with van der Waals surface area (Å²) in [5, 5.41) is 9.72. The molecule has 20 heavy (non-hydrogen) atoms. The van der Waals surface area contributed by atoms with E-state index < -0.39 is 6.10 Å². The van der Waals surface area contributed by atoms with E-state index in [9.17, 15) is 5.11 Å². The van der Waals surface area contributed by atoms with Crippen molar-refractivity contribution in [3.8, 4) is 11.5 Å². The molecule has 1 aromatic rings. The normalized spacial score (nSPS) is 29.9. The fourth-order valence-electron chi connectivity index (χ4n) is 3.11. The highest BCUT2D eigenvalue weighted by Crippen LogP contribution is 2.41. The first-order chi connectivity index (χ1) is 9.27. The first-order valence-electron chi connectivity index (χ1n) is 7.08. The van der Waals surface area contributed by atoms with Crippen LogP contribution in [0.5, 0.6) is 11.5 Å². The molecule has 0 aliphatic carbocycles. The Balaban J connectivity index is 1.79. The highest BCUT2D eigenvalue weighted by molar-refractivity contribution is 5.44. The minimum atomic E-state index is -0.524. The Kier molecular flexibility index (Phi) is 2.99. The summed E-state index contributed by atoms with van der Waals surface area (Å²) in [6.07, 6.45) is 0.326. The van der Waals surface area contributed by atoms with Gasteiger partial charge in [0.05, 0.1) is 5.60 Å². The van der Waals surface area contributed by atoms with E-state index >= 15 is 0 Å². The molecule has 2 unspecified atom stereocenters. The highest BCUT2D eigenvalue weighted by Gasteiger charge is 2.47. The van der Waals surface area contributed by atoms with Crippen molar-refractivity contribution in [2.45, 2.75) is 57.5 Å². The molecule has 4 heteroatoms. The summed E-state index contributed by atoms with van der Waals surface area (Å²) in [6, 6.07) is 5.61. The van der Waals surface area contributed by atoms with Crippen molar-refractivity contribution in [2.24, 2.45) is 0 Å². The second-order valence-corrected chi connectivity index (χ2v) is 6.80. The van der Waals surface area contributed by atoms with E-state index in [1.807, 2.05) is 18.2 Å². The van der Waals surface area contributed by atoms with E-state index in [-0.39, 0.29) is 17.3 Å². The van der Waals surface area contributed by atoms with Crippen molar-refractivity contribution in [3.05, 3.63) is 23.8 Å². The third-order valence-electron chi connectivity index (χ3n) is 4.01. The quantitative estimate of drug-likeness (QED) is 0.903. The zero-order valence-corrected chi connectivity index (χ0v) is 12.5. The van der Waals surface area contributed by atoms with Crippen LogP contribution in [0.4, 0.5) is 0 Å². The van der Waals surface area contributed by atoms with Crippen LogP contribution in [0.25, 0.3) is 0 Å². The number of hydrogen-bond acceptors (Lipinski definition) is 4. The van der Waals surface area contributed by atoms with Crippen LogP contribution < -0.4 is 9.47 Å². The summed E-state index contributed by atoms with van der Waals surface area (Å²) in [6.45, 7) is 8.60. The molecule has 1 fully saturated rings. The van der Waals surface area contributed by atoms with Crippen molar-refractivity contribution in [3.63, 3.8) is 0 Å². The molecule has 2 aliphatic rings. The van der Waals surface area contributed by atoms with Gasteiger partial charge in [0, 0.05) is 18.1 Å². The Morgan fingerprint density at radius 1 is 1.25 bits per heavy atom. The molecule has 1 saturated heterocycles. The number of rotatable bonds is 2. The second kappa shape index (κ2) is 4.37. The largest absolute Gasteiger partial charge is 0.490 e. The number of benzene rings is 1. The van der Waals surface area contributed by atoms with Gasteiger partial charge in [0.1, 0.15) is 35.9 Å². The molecule has 4 nitrogen and oxygen atoms in total. The standard InChI is InChI=1S/C16H22O4/c1-15(2)8-14(16(3,4)20-15)19-10-5-6-11-12(17)9-18-13(11)7-10/h5-7,12,14,17H,8-9H2,1-4H3. The van der Waals surface area contributed by atoms with Crippen LogP contribution in [0.15, 0.2) is 18.2 Å². The molecule has 0 radical (unpaired) electrons. The maximum absolute atomic E-state index is 9.72. The van der Waals surface area contributed by atoms with Gasteiger partial charge in [0.2, 0.25) is 0 Å². The van der Waals surface area contributed by atoms with Gasteiger partial charge in [-0.3, -0.25) is 0 Å². The molecule has 3 rings (SSSR count). The third kappa shape index (κ3) is 2.38. The smallest absolute Gasteiger partial charge is 0.130 e. The number of aliphatic hydroxyl groups is 1. The number of hydrogen-bond donors (Lipinski definition) is 1. The van der Waals surface area contributed by atoms with Gasteiger partial charge in [0.15, 0.2) is 0 Å². The molecule has 0 saturated carbocycles. The molecule has 0 aromatic heterocycles. The highest BCUT2D eigenvalue weighted by atomic mass is 16.6. The Morgan fingerprint density at radius 3 is 2.65 bits per heavy atom. The van der Waals surface area contributed by atoms with Gasteiger partial charge >= 0.3 is 0 Å². The van der Waals surface area contributed by atoms with Gasteiger partial charge in [-0.25, -0.2) is 0 Å². The lowest BCUT2D eigenvalue weighted by Crippen LogP contribution is -2.36. The van der Waals surface area contributed by atoms with Crippen LogP contribution in [-0.4, -0.2) is 29.0 Å². The van der Waals surface area contributed by atoms with Gasteiger partial charge in [-0.05, 0) is 39.8 Å². The topological polar surface area (TPSA) is 47.9 Å². The predicted molar refractivity (Wildman–Crippen MR) is 75.2 cm³/mol. The van der Waals surface area contributed by atoms with Crippen molar-refractivity contribution in [1.82, 2.24) is 0 Å². The summed E-state index contributed by atoms with van der Waals surface area (Å²) in [7, 11) is 0. The maximum Gasteiger partial charge on any atom is 0.130 e. The molecule has 0 bridgehead atoms. The van der Waals surface area contributed by atoms with Crippen molar-refractivity contribution in [2.75, 3.05) is 6.61 Å². The molecule has 0 spiro atoms. The van der Waals surface area contributed by atoms with Gasteiger partial charge in [-0.1, -0.05) is 0 Å². The molecular formula is C16H22O4. The van der Waals surface area contributed by atoms with Gasteiger partial charge in [0.25, 0.3) is 0 Å². The Morgan fingerprint density at radius 2 is 2.00 bits per heavy atom. The first kappa shape index (κ1) is 13.7. The van der Waals surface area contributed by atoms with E-state index in [1.165, 1.54) is 0 Å². The van der Waals surface area contributed by atoms with Crippen molar-refractivity contribution < 1.29 is 19.3 Å². The lowest BCUT2D eigenvalue weighted by Gasteiger charge is -2.27. The van der Waals surface area contributed by atoms with Crippen LogP contribution in [0.3, 0.4) is 0 Å². The van der Waals surface area contributed by atoms with Gasteiger partial charge in [-0.2, -0.15) is 0 Å². The second-order valence-electron chi connectivity index (χ2n) is 6.80. The fourth-order valence-corrected chi connectivity index (χ4v) is 3.11. The van der Waals surface area contributed by atoms with Crippen LogP contribution in [0.1, 0.15) is 45.8 Å². The Bertz CT molecular complexity index is 521. The summed E-state index contributed by atoms with van der Waals surface area (Å²) in [4.78, 5) is 0. The average Bonchev–Trinajstić information content (AvgIpc) is 2.77. The Hall–Kier alpha value is -1.26. The van der Waals surface area contributed by atoms with Crippen LogP contribution in [0.2, 0.25) is 0 Å². The molecule has 110 valence electrons. The van der Waals surface area contributed by atoms with E-state index in [1.54, 1.807) is 0 Å². The van der Waals surface area contributed by atoms with Crippen LogP contribution in [0, 0.1) is 0 Å². The van der Waals surface area contributed by atoms with E-state index in [2.05, 4.69) is 27.7 Å². The predicted octanol–water partition coefficient (Wildman–Crippen LogP) is 2.84. The lowest BCUT2D eigenvalue weighted by molar-refractivity contribution is -0.0846. The average molecular weight is 278 g/mol. The minimum Gasteiger partial charge on any atom is -0.490 e. The summed E-state index contributed by atoms with van der Waals surface area (Å²) < 4.78 is 17.6. The zero-order valence-electron chi connectivity index (χ0n) is 12.5. The molecule has 1 aromatic carbocycles. The minimum absolute atomic E-state index is 0.00174. The molecule has 2 atom stereocenters. The van der Waals surface area contributed by atoms with Gasteiger partial charge in [-0.15, -0.1) is 0 Å². The molecule has 2 aliphatic heterocycles. The molecule has 1 N–H and O–H groups in total. The third-order valence-corrected chi connectivity index (χ3v) is 4.01. The van der Waals surface area contributed by atoms with Crippen molar-refractivity contribution >= 4 is 0 Å². The summed E-state index contributed by atoms with van der Waals surface area (Å²) >= 11 is 0. The molecular weight excluding hydrogens is 256 g/mol. The van der Waals surface area contributed by atoms with E-state index in [4.69, 9.17) is 14.2 Å². The van der Waals surface area contributed by atoms with Crippen LogP contribution in [-0.2, 0) is 4.74 Å². The number of fused-ring (bicyclic) bond motifs is 1. The lowest BCUT2D eigenvalue weighted by atomic mass is 9.97. The van der Waals surface area contributed by atoms with Crippen LogP contribution >= 0.6 is 0 Å². The maximum atomic E-state index is 9.72. The SMILES string of the molecule is CC1(C)CC(Oc2ccc3c(c2)OCC3O)C(C)(C)O1. The number of aliphatic hydroxyl groups excluding tert-OH is 1. The zero-order chi connectivity index (χ0) is 14.5. The summed E-state index contributed by atoms with van der Waals surface area (Å²) in [5.41, 5.74) is 0.347. The molecule has 0 amide bonds. The fraction of sp³-hybridized carbons (Fsp3) is 0.625. The van der Waals surface area contributed by atoms with E-state index in [0.29, 0.717) is 12.4 Å². The Labute approximate surface area is 119 Å². The van der Waals surface area contributed by atoms with E-state index in [0.717, 1.165) is 17.7 Å². The summed E-state index contributed by atoms with van der Waals surface area (Å²) in [5.74, 6) is 1.48. The molecule has 2 heterocycles. The number of ether oxygens (including phenoxy) is 3.